The quantitative estimate of drug-likeness (QED) is 0.806. The van der Waals surface area contributed by atoms with E-state index in [4.69, 9.17) is 5.73 Å². The summed E-state index contributed by atoms with van der Waals surface area (Å²) in [6, 6.07) is 6.39. The summed E-state index contributed by atoms with van der Waals surface area (Å²) in [7, 11) is 0. The van der Waals surface area contributed by atoms with Gasteiger partial charge >= 0.3 is 0 Å². The number of fused-ring (bicyclic) bond motifs is 1. The predicted molar refractivity (Wildman–Crippen MR) is 78.7 cm³/mol. The van der Waals surface area contributed by atoms with Gasteiger partial charge in [-0.05, 0) is 37.5 Å². The van der Waals surface area contributed by atoms with E-state index in [0.717, 1.165) is 28.6 Å². The molecule has 0 saturated heterocycles. The van der Waals surface area contributed by atoms with Crippen LogP contribution in [-0.4, -0.2) is 11.0 Å². The Bertz CT molecular complexity index is 534. The van der Waals surface area contributed by atoms with Gasteiger partial charge in [0.25, 0.3) is 0 Å². The minimum Gasteiger partial charge on any atom is -0.398 e. The molecular weight excluding hydrogens is 222 g/mol. The number of benzene rings is 1. The fraction of sp³-hybridized carbons (Fsp3) is 0.400. The second-order valence-electron chi connectivity index (χ2n) is 5.30. The van der Waals surface area contributed by atoms with Crippen LogP contribution in [0.25, 0.3) is 10.8 Å². The van der Waals surface area contributed by atoms with E-state index < -0.39 is 0 Å². The van der Waals surface area contributed by atoms with E-state index in [2.05, 4.69) is 31.1 Å². The standard InChI is InChI=1S/C15H21N3/c1-10(2)8-11(3)18-15-5-4-14(16)12-6-7-17-9-13(12)15/h4-7,9-11,18H,8,16H2,1-3H3. The number of hydrogen-bond acceptors (Lipinski definition) is 3. The first-order chi connectivity index (χ1) is 8.58. The largest absolute Gasteiger partial charge is 0.398 e. The molecule has 3 nitrogen and oxygen atoms in total. The smallest absolute Gasteiger partial charge is 0.0439 e. The third kappa shape index (κ3) is 2.73. The number of nitrogens with one attached hydrogen (secondary N) is 1. The number of rotatable bonds is 4. The van der Waals surface area contributed by atoms with Crippen LogP contribution >= 0.6 is 0 Å². The Kier molecular flexibility index (Phi) is 3.70. The average molecular weight is 243 g/mol. The molecule has 1 atom stereocenters. The maximum atomic E-state index is 5.98. The van der Waals surface area contributed by atoms with Gasteiger partial charge in [-0.2, -0.15) is 0 Å². The molecule has 1 unspecified atom stereocenters. The fourth-order valence-electron chi connectivity index (χ4n) is 2.37. The van der Waals surface area contributed by atoms with Gasteiger partial charge in [0, 0.05) is 40.6 Å². The molecule has 1 aromatic carbocycles. The second kappa shape index (κ2) is 5.25. The van der Waals surface area contributed by atoms with Crippen LogP contribution in [0.3, 0.4) is 0 Å². The lowest BCUT2D eigenvalue weighted by molar-refractivity contribution is 0.540. The number of anilines is 2. The molecule has 1 aromatic heterocycles. The summed E-state index contributed by atoms with van der Waals surface area (Å²) in [5.74, 6) is 0.686. The zero-order valence-electron chi connectivity index (χ0n) is 11.3. The maximum absolute atomic E-state index is 5.98. The van der Waals surface area contributed by atoms with Gasteiger partial charge in [0.2, 0.25) is 0 Å². The summed E-state index contributed by atoms with van der Waals surface area (Å²) >= 11 is 0. The molecule has 1 heterocycles. The van der Waals surface area contributed by atoms with E-state index >= 15 is 0 Å². The number of pyridine rings is 1. The Morgan fingerprint density at radius 1 is 1.17 bits per heavy atom. The Morgan fingerprint density at radius 3 is 2.67 bits per heavy atom. The topological polar surface area (TPSA) is 50.9 Å². The Balaban J connectivity index is 2.31. The summed E-state index contributed by atoms with van der Waals surface area (Å²) in [6.07, 6.45) is 4.79. The summed E-state index contributed by atoms with van der Waals surface area (Å²) in [5.41, 5.74) is 7.89. The van der Waals surface area contributed by atoms with E-state index in [1.807, 2.05) is 24.4 Å². The van der Waals surface area contributed by atoms with Crippen molar-refractivity contribution in [1.29, 1.82) is 0 Å². The Hall–Kier alpha value is -1.77. The van der Waals surface area contributed by atoms with E-state index in [1.54, 1.807) is 6.20 Å². The van der Waals surface area contributed by atoms with Crippen molar-refractivity contribution in [2.24, 2.45) is 5.92 Å². The van der Waals surface area contributed by atoms with Crippen molar-refractivity contribution in [1.82, 2.24) is 4.98 Å². The molecule has 0 aliphatic rings. The van der Waals surface area contributed by atoms with E-state index in [1.165, 1.54) is 0 Å². The van der Waals surface area contributed by atoms with Gasteiger partial charge in [-0.3, -0.25) is 4.98 Å². The van der Waals surface area contributed by atoms with Gasteiger partial charge in [-0.1, -0.05) is 13.8 Å². The number of hydrogen-bond donors (Lipinski definition) is 2. The SMILES string of the molecule is CC(C)CC(C)Nc1ccc(N)c2ccncc12. The number of aromatic nitrogens is 1. The lowest BCUT2D eigenvalue weighted by Gasteiger charge is -2.19. The average Bonchev–Trinajstić information content (AvgIpc) is 2.32. The van der Waals surface area contributed by atoms with Crippen LogP contribution < -0.4 is 11.1 Å². The fourth-order valence-corrected chi connectivity index (χ4v) is 2.37. The normalized spacial score (nSPS) is 12.9. The van der Waals surface area contributed by atoms with E-state index in [0.29, 0.717) is 12.0 Å². The molecule has 0 bridgehead atoms. The van der Waals surface area contributed by atoms with Crippen LogP contribution in [0, 0.1) is 5.92 Å². The molecule has 0 amide bonds. The Labute approximate surface area is 108 Å². The molecule has 3 N–H and O–H groups in total. The first kappa shape index (κ1) is 12.7. The molecule has 2 aromatic rings. The van der Waals surface area contributed by atoms with Crippen molar-refractivity contribution in [2.45, 2.75) is 33.2 Å². The summed E-state index contributed by atoms with van der Waals surface area (Å²) in [5, 5.41) is 5.70. The number of nitrogens with zero attached hydrogens (tertiary/aromatic N) is 1. The van der Waals surface area contributed by atoms with Crippen molar-refractivity contribution in [2.75, 3.05) is 11.1 Å². The van der Waals surface area contributed by atoms with Gasteiger partial charge in [0.15, 0.2) is 0 Å². The highest BCUT2D eigenvalue weighted by molar-refractivity contribution is 6.00. The molecule has 0 aliphatic carbocycles. The van der Waals surface area contributed by atoms with Crippen LogP contribution in [0.15, 0.2) is 30.6 Å². The Morgan fingerprint density at radius 2 is 1.94 bits per heavy atom. The van der Waals surface area contributed by atoms with Crippen LogP contribution in [-0.2, 0) is 0 Å². The lowest BCUT2D eigenvalue weighted by atomic mass is 10.0. The zero-order valence-corrected chi connectivity index (χ0v) is 11.3. The molecule has 0 saturated carbocycles. The molecule has 96 valence electrons. The number of nitrogens with two attached hydrogens (primary N) is 1. The lowest BCUT2D eigenvalue weighted by Crippen LogP contribution is -2.17. The first-order valence-corrected chi connectivity index (χ1v) is 6.46. The third-order valence-electron chi connectivity index (χ3n) is 3.08. The highest BCUT2D eigenvalue weighted by atomic mass is 14.9. The van der Waals surface area contributed by atoms with Gasteiger partial charge in [0.05, 0.1) is 0 Å². The molecular formula is C15H21N3. The molecule has 0 fully saturated rings. The highest BCUT2D eigenvalue weighted by Crippen LogP contribution is 2.28. The monoisotopic (exact) mass is 243 g/mol. The van der Waals surface area contributed by atoms with Crippen molar-refractivity contribution in [3.63, 3.8) is 0 Å². The van der Waals surface area contributed by atoms with E-state index in [9.17, 15) is 0 Å². The van der Waals surface area contributed by atoms with E-state index in [-0.39, 0.29) is 0 Å². The van der Waals surface area contributed by atoms with Crippen LogP contribution in [0.4, 0.5) is 11.4 Å². The summed E-state index contributed by atoms with van der Waals surface area (Å²) in [4.78, 5) is 4.19. The van der Waals surface area contributed by atoms with Gasteiger partial charge in [0.1, 0.15) is 0 Å². The summed E-state index contributed by atoms with van der Waals surface area (Å²) < 4.78 is 0. The van der Waals surface area contributed by atoms with Crippen molar-refractivity contribution >= 4 is 22.1 Å². The molecule has 0 radical (unpaired) electrons. The van der Waals surface area contributed by atoms with Gasteiger partial charge < -0.3 is 11.1 Å². The minimum atomic E-state index is 0.442. The minimum absolute atomic E-state index is 0.442. The molecule has 0 aliphatic heterocycles. The third-order valence-corrected chi connectivity index (χ3v) is 3.08. The van der Waals surface area contributed by atoms with Crippen LogP contribution in [0.1, 0.15) is 27.2 Å². The number of nitrogen functional groups attached to an aromatic ring is 1. The second-order valence-corrected chi connectivity index (χ2v) is 5.30. The zero-order chi connectivity index (χ0) is 13.1. The van der Waals surface area contributed by atoms with Crippen LogP contribution in [0.2, 0.25) is 0 Å². The van der Waals surface area contributed by atoms with Gasteiger partial charge in [-0.25, -0.2) is 0 Å². The van der Waals surface area contributed by atoms with Crippen molar-refractivity contribution < 1.29 is 0 Å². The first-order valence-electron chi connectivity index (χ1n) is 6.46. The van der Waals surface area contributed by atoms with Gasteiger partial charge in [-0.15, -0.1) is 0 Å². The molecule has 18 heavy (non-hydrogen) atoms. The highest BCUT2D eigenvalue weighted by Gasteiger charge is 2.08. The maximum Gasteiger partial charge on any atom is 0.0439 e. The van der Waals surface area contributed by atoms with Crippen LogP contribution in [0.5, 0.6) is 0 Å². The summed E-state index contributed by atoms with van der Waals surface area (Å²) in [6.45, 7) is 6.68. The molecule has 0 spiro atoms. The predicted octanol–water partition coefficient (Wildman–Crippen LogP) is 3.66. The van der Waals surface area contributed by atoms with Crippen molar-refractivity contribution in [3.8, 4) is 0 Å². The molecule has 2 rings (SSSR count). The van der Waals surface area contributed by atoms with Crippen molar-refractivity contribution in [3.05, 3.63) is 30.6 Å². The molecule has 3 heteroatoms.